The molecule has 140 valence electrons. The number of rotatable bonds is 2. The fraction of sp³-hybridized carbons (Fsp3) is 0.444. The SMILES string of the molecule is Clc1nccc(-c2n[nH]c3nc(N4CCC5(CCOC5)CC4)cnc23)c1Cl. The first kappa shape index (κ1) is 17.2. The van der Waals surface area contributed by atoms with Crippen molar-refractivity contribution in [3.8, 4) is 11.3 Å². The number of anilines is 1. The minimum Gasteiger partial charge on any atom is -0.381 e. The highest BCUT2D eigenvalue weighted by Gasteiger charge is 2.38. The molecular formula is C18H18Cl2N6O. The van der Waals surface area contributed by atoms with Crippen LogP contribution >= 0.6 is 23.2 Å². The standard InChI is InChI=1S/C18H18Cl2N6O/c19-13-11(1-5-21-16(13)20)14-15-17(25-24-14)23-12(9-22-15)26-6-2-18(3-7-26)4-8-27-10-18/h1,5,9H,2-4,6-8,10H2,(H,23,24,25). The Labute approximate surface area is 166 Å². The van der Waals surface area contributed by atoms with Crippen molar-refractivity contribution in [2.24, 2.45) is 5.41 Å². The molecule has 3 aromatic heterocycles. The Morgan fingerprint density at radius 3 is 2.78 bits per heavy atom. The van der Waals surface area contributed by atoms with Gasteiger partial charge in [0.05, 0.1) is 17.8 Å². The molecule has 0 aliphatic carbocycles. The van der Waals surface area contributed by atoms with Gasteiger partial charge in [0.25, 0.3) is 0 Å². The Hall–Kier alpha value is -1.96. The molecule has 0 atom stereocenters. The molecule has 2 fully saturated rings. The molecular weight excluding hydrogens is 387 g/mol. The maximum atomic E-state index is 6.28. The summed E-state index contributed by atoms with van der Waals surface area (Å²) in [6, 6.07) is 1.77. The van der Waals surface area contributed by atoms with Crippen LogP contribution in [-0.2, 0) is 4.74 Å². The lowest BCUT2D eigenvalue weighted by Gasteiger charge is -2.38. The van der Waals surface area contributed by atoms with E-state index < -0.39 is 0 Å². The van der Waals surface area contributed by atoms with Gasteiger partial charge in [-0.2, -0.15) is 5.10 Å². The van der Waals surface area contributed by atoms with E-state index in [-0.39, 0.29) is 5.15 Å². The van der Waals surface area contributed by atoms with Crippen LogP contribution < -0.4 is 4.90 Å². The zero-order valence-corrected chi connectivity index (χ0v) is 16.1. The largest absolute Gasteiger partial charge is 0.381 e. The predicted molar refractivity (Wildman–Crippen MR) is 104 cm³/mol. The van der Waals surface area contributed by atoms with Gasteiger partial charge < -0.3 is 9.64 Å². The van der Waals surface area contributed by atoms with Crippen LogP contribution in [0.3, 0.4) is 0 Å². The average Bonchev–Trinajstić information content (AvgIpc) is 3.31. The molecule has 2 aliphatic heterocycles. The van der Waals surface area contributed by atoms with Crippen LogP contribution in [0.4, 0.5) is 5.82 Å². The molecule has 7 nitrogen and oxygen atoms in total. The van der Waals surface area contributed by atoms with Crippen LogP contribution in [0, 0.1) is 5.41 Å². The number of aromatic nitrogens is 5. The molecule has 0 unspecified atom stereocenters. The number of pyridine rings is 1. The van der Waals surface area contributed by atoms with Crippen LogP contribution in [0.25, 0.3) is 22.4 Å². The number of nitrogens with one attached hydrogen (secondary N) is 1. The zero-order valence-electron chi connectivity index (χ0n) is 14.6. The minimum atomic E-state index is 0.244. The Bertz CT molecular complexity index is 991. The van der Waals surface area contributed by atoms with Crippen molar-refractivity contribution in [2.45, 2.75) is 19.3 Å². The van der Waals surface area contributed by atoms with Crippen molar-refractivity contribution in [2.75, 3.05) is 31.2 Å². The molecule has 0 radical (unpaired) electrons. The summed E-state index contributed by atoms with van der Waals surface area (Å²) in [5.41, 5.74) is 2.98. The van der Waals surface area contributed by atoms with Crippen LogP contribution in [-0.4, -0.2) is 51.5 Å². The number of ether oxygens (including phenoxy) is 1. The van der Waals surface area contributed by atoms with Crippen molar-refractivity contribution in [3.05, 3.63) is 28.6 Å². The average molecular weight is 405 g/mol. The molecule has 0 bridgehead atoms. The van der Waals surface area contributed by atoms with E-state index in [1.54, 1.807) is 18.5 Å². The van der Waals surface area contributed by atoms with Crippen molar-refractivity contribution in [1.29, 1.82) is 0 Å². The summed E-state index contributed by atoms with van der Waals surface area (Å²) in [5.74, 6) is 0.866. The number of hydrogen-bond donors (Lipinski definition) is 1. The maximum absolute atomic E-state index is 6.28. The van der Waals surface area contributed by atoms with Crippen molar-refractivity contribution in [1.82, 2.24) is 25.1 Å². The molecule has 9 heteroatoms. The summed E-state index contributed by atoms with van der Waals surface area (Å²) in [4.78, 5) is 15.6. The highest BCUT2D eigenvalue weighted by Crippen LogP contribution is 2.40. The van der Waals surface area contributed by atoms with Gasteiger partial charge in [0.15, 0.2) is 5.65 Å². The van der Waals surface area contributed by atoms with E-state index in [4.69, 9.17) is 32.9 Å². The molecule has 1 spiro atoms. The lowest BCUT2D eigenvalue weighted by Crippen LogP contribution is -2.40. The summed E-state index contributed by atoms with van der Waals surface area (Å²) in [7, 11) is 0. The Kier molecular flexibility index (Phi) is 4.18. The topological polar surface area (TPSA) is 79.8 Å². The molecule has 0 aromatic carbocycles. The quantitative estimate of drug-likeness (QED) is 0.655. The lowest BCUT2D eigenvalue weighted by atomic mass is 9.78. The molecule has 27 heavy (non-hydrogen) atoms. The first-order valence-corrected chi connectivity index (χ1v) is 9.75. The van der Waals surface area contributed by atoms with Gasteiger partial charge in [-0.3, -0.25) is 5.10 Å². The molecule has 2 aliphatic rings. The third-order valence-corrected chi connectivity index (χ3v) is 6.46. The first-order chi connectivity index (χ1) is 13.2. The van der Waals surface area contributed by atoms with Crippen molar-refractivity contribution >= 4 is 40.2 Å². The van der Waals surface area contributed by atoms with E-state index in [1.165, 1.54) is 6.42 Å². The normalized spacial score (nSPS) is 19.3. The third-order valence-electron chi connectivity index (χ3n) is 5.69. The van der Waals surface area contributed by atoms with Crippen LogP contribution in [0.2, 0.25) is 10.2 Å². The van der Waals surface area contributed by atoms with Gasteiger partial charge in [0.1, 0.15) is 22.2 Å². The van der Waals surface area contributed by atoms with Gasteiger partial charge >= 0.3 is 0 Å². The molecule has 5 heterocycles. The summed E-state index contributed by atoms with van der Waals surface area (Å²) in [5, 5.41) is 7.93. The molecule has 1 N–H and O–H groups in total. The van der Waals surface area contributed by atoms with Gasteiger partial charge in [0, 0.05) is 31.5 Å². The van der Waals surface area contributed by atoms with E-state index in [0.29, 0.717) is 32.9 Å². The molecule has 5 rings (SSSR count). The number of halogens is 2. The van der Waals surface area contributed by atoms with E-state index >= 15 is 0 Å². The fourth-order valence-electron chi connectivity index (χ4n) is 3.99. The minimum absolute atomic E-state index is 0.244. The summed E-state index contributed by atoms with van der Waals surface area (Å²) in [6.45, 7) is 3.72. The maximum Gasteiger partial charge on any atom is 0.177 e. The van der Waals surface area contributed by atoms with Crippen LogP contribution in [0.15, 0.2) is 18.5 Å². The van der Waals surface area contributed by atoms with Gasteiger partial charge in [-0.15, -0.1) is 0 Å². The monoisotopic (exact) mass is 404 g/mol. The van der Waals surface area contributed by atoms with E-state index in [0.717, 1.165) is 45.0 Å². The molecule has 0 amide bonds. The molecule has 2 saturated heterocycles. The summed E-state index contributed by atoms with van der Waals surface area (Å²) < 4.78 is 5.61. The second kappa shape index (κ2) is 6.58. The van der Waals surface area contributed by atoms with E-state index in [1.807, 2.05) is 0 Å². The van der Waals surface area contributed by atoms with Crippen molar-refractivity contribution < 1.29 is 4.74 Å². The van der Waals surface area contributed by atoms with Crippen LogP contribution in [0.1, 0.15) is 19.3 Å². The van der Waals surface area contributed by atoms with Gasteiger partial charge in [0.2, 0.25) is 0 Å². The summed E-state index contributed by atoms with van der Waals surface area (Å²) in [6.07, 6.45) is 6.84. The van der Waals surface area contributed by atoms with Gasteiger partial charge in [-0.1, -0.05) is 23.2 Å². The van der Waals surface area contributed by atoms with Crippen molar-refractivity contribution in [3.63, 3.8) is 0 Å². The lowest BCUT2D eigenvalue weighted by molar-refractivity contribution is 0.133. The Balaban J connectivity index is 1.43. The van der Waals surface area contributed by atoms with E-state index in [2.05, 4.69) is 25.1 Å². The number of nitrogens with zero attached hydrogens (tertiary/aromatic N) is 5. The summed E-state index contributed by atoms with van der Waals surface area (Å²) >= 11 is 12.3. The first-order valence-electron chi connectivity index (χ1n) is 8.99. The number of piperidine rings is 1. The number of hydrogen-bond acceptors (Lipinski definition) is 6. The Morgan fingerprint density at radius 1 is 1.15 bits per heavy atom. The Morgan fingerprint density at radius 2 is 2.00 bits per heavy atom. The highest BCUT2D eigenvalue weighted by atomic mass is 35.5. The van der Waals surface area contributed by atoms with Gasteiger partial charge in [-0.25, -0.2) is 15.0 Å². The molecule has 0 saturated carbocycles. The third kappa shape index (κ3) is 2.94. The number of aromatic amines is 1. The smallest absolute Gasteiger partial charge is 0.177 e. The highest BCUT2D eigenvalue weighted by molar-refractivity contribution is 6.43. The second-order valence-corrected chi connectivity index (χ2v) is 7.99. The predicted octanol–water partition coefficient (Wildman–Crippen LogP) is 3.73. The van der Waals surface area contributed by atoms with Gasteiger partial charge in [-0.05, 0) is 30.7 Å². The second-order valence-electron chi connectivity index (χ2n) is 7.25. The number of H-pyrrole nitrogens is 1. The number of fused-ring (bicyclic) bond motifs is 1. The zero-order chi connectivity index (χ0) is 18.4. The van der Waals surface area contributed by atoms with Crippen LogP contribution in [0.5, 0.6) is 0 Å². The molecule has 3 aromatic rings. The van der Waals surface area contributed by atoms with E-state index in [9.17, 15) is 0 Å². The fourth-order valence-corrected chi connectivity index (χ4v) is 4.35.